The van der Waals surface area contributed by atoms with Crippen LogP contribution in [-0.4, -0.2) is 28.6 Å². The second-order valence-corrected chi connectivity index (χ2v) is 10.6. The molecule has 38 heavy (non-hydrogen) atoms. The molecule has 0 unspecified atom stereocenters. The van der Waals surface area contributed by atoms with Crippen molar-refractivity contribution in [3.8, 4) is 5.75 Å². The highest BCUT2D eigenvalue weighted by molar-refractivity contribution is 9.10. The highest BCUT2D eigenvalue weighted by Crippen LogP contribution is 2.40. The molecule has 0 spiro atoms. The van der Waals surface area contributed by atoms with Gasteiger partial charge in [-0.25, -0.2) is 9.79 Å². The van der Waals surface area contributed by atoms with Crippen molar-refractivity contribution in [3.63, 3.8) is 0 Å². The van der Waals surface area contributed by atoms with Gasteiger partial charge in [0.05, 0.1) is 16.5 Å². The second-order valence-electron chi connectivity index (χ2n) is 8.20. The number of rotatable bonds is 7. The summed E-state index contributed by atoms with van der Waals surface area (Å²) in [6, 6.07) is 20.0. The van der Waals surface area contributed by atoms with E-state index in [2.05, 4.69) is 20.9 Å². The summed E-state index contributed by atoms with van der Waals surface area (Å²) in [6.45, 7) is 3.92. The monoisotopic (exact) mass is 611 g/mol. The quantitative estimate of drug-likeness (QED) is 0.275. The summed E-state index contributed by atoms with van der Waals surface area (Å²) in [6.07, 6.45) is 1.66. The molecule has 0 aromatic heterocycles. The number of nitrogens with zero attached hydrogens (tertiary/aromatic N) is 1. The largest absolute Gasteiger partial charge is 0.506 e. The number of thioether (sulfide) groups is 1. The first-order chi connectivity index (χ1) is 18.3. The van der Waals surface area contributed by atoms with Crippen LogP contribution in [0.1, 0.15) is 34.0 Å². The molecular formula is C29H23BrClNO5S. The van der Waals surface area contributed by atoms with Crippen molar-refractivity contribution in [2.45, 2.75) is 20.5 Å². The molecule has 0 saturated carbocycles. The lowest BCUT2D eigenvalue weighted by atomic mass is 10.1. The molecule has 1 N–H and O–H groups in total. The number of esters is 1. The van der Waals surface area contributed by atoms with Gasteiger partial charge in [-0.2, -0.15) is 0 Å². The minimum absolute atomic E-state index is 0.0704. The Hall–Kier alpha value is -3.33. The van der Waals surface area contributed by atoms with Crippen molar-refractivity contribution in [3.05, 3.63) is 115 Å². The zero-order valence-electron chi connectivity index (χ0n) is 20.5. The third kappa shape index (κ3) is 6.56. The average Bonchev–Trinajstić information content (AvgIpc) is 3.19. The Bertz CT molecular complexity index is 1480. The van der Waals surface area contributed by atoms with Crippen LogP contribution >= 0.6 is 39.3 Å². The number of hydrogen-bond donors (Lipinski definition) is 1. The fourth-order valence-electron chi connectivity index (χ4n) is 3.57. The van der Waals surface area contributed by atoms with E-state index < -0.39 is 11.9 Å². The third-order valence-electron chi connectivity index (χ3n) is 5.51. The van der Waals surface area contributed by atoms with E-state index in [1.54, 1.807) is 56.3 Å². The number of benzene rings is 3. The van der Waals surface area contributed by atoms with Crippen molar-refractivity contribution >= 4 is 62.3 Å². The number of hydrogen-bond acceptors (Lipinski definition) is 6. The van der Waals surface area contributed by atoms with Gasteiger partial charge in [0, 0.05) is 10.0 Å². The van der Waals surface area contributed by atoms with Gasteiger partial charge in [-0.3, -0.25) is 4.79 Å². The normalized spacial score (nSPS) is 15.3. The summed E-state index contributed by atoms with van der Waals surface area (Å²) in [7, 11) is 0. The standard InChI is InChI=1S/C29H23BrClNO5S/c1-3-36-29(35)25-26(33)24(38-28(25)32-27(34)21-7-5-4-6-17(21)2)15-19-10-13-23(22(31)14-19)37-16-18-8-11-20(30)12-9-18/h4-15,33H,3,16H2,1-2H3/b24-15-,32-28?. The van der Waals surface area contributed by atoms with Crippen LogP contribution in [0.2, 0.25) is 5.02 Å². The number of halogens is 2. The van der Waals surface area contributed by atoms with E-state index in [0.29, 0.717) is 33.4 Å². The molecular weight excluding hydrogens is 590 g/mol. The van der Waals surface area contributed by atoms with E-state index in [4.69, 9.17) is 21.1 Å². The van der Waals surface area contributed by atoms with E-state index >= 15 is 0 Å². The van der Waals surface area contributed by atoms with Crippen LogP contribution in [0.15, 0.2) is 92.4 Å². The summed E-state index contributed by atoms with van der Waals surface area (Å²) in [5, 5.41) is 11.4. The molecule has 1 aliphatic heterocycles. The van der Waals surface area contributed by atoms with Crippen LogP contribution in [-0.2, 0) is 16.1 Å². The topological polar surface area (TPSA) is 85.2 Å². The molecule has 194 valence electrons. The fourth-order valence-corrected chi connectivity index (χ4v) is 5.09. The van der Waals surface area contributed by atoms with Crippen molar-refractivity contribution in [2.24, 2.45) is 4.99 Å². The number of ether oxygens (including phenoxy) is 2. The van der Waals surface area contributed by atoms with Crippen LogP contribution in [0.5, 0.6) is 5.75 Å². The Kier molecular flexibility index (Phi) is 9.09. The fraction of sp³-hybridized carbons (Fsp3) is 0.138. The maximum absolute atomic E-state index is 12.9. The Morgan fingerprint density at radius 2 is 1.84 bits per heavy atom. The van der Waals surface area contributed by atoms with Crippen molar-refractivity contribution in [1.29, 1.82) is 0 Å². The lowest BCUT2D eigenvalue weighted by Crippen LogP contribution is -2.14. The molecule has 0 bridgehead atoms. The SMILES string of the molecule is CCOC(=O)C1=C(O)/C(=C/c2ccc(OCc3ccc(Br)cc3)c(Cl)c2)SC1=NC(=O)c1ccccc1C. The summed E-state index contributed by atoms with van der Waals surface area (Å²) in [5.41, 5.74) is 2.67. The number of aliphatic imine (C=N–C) groups is 1. The van der Waals surface area contributed by atoms with E-state index in [1.165, 1.54) is 0 Å². The molecule has 0 radical (unpaired) electrons. The molecule has 3 aromatic carbocycles. The van der Waals surface area contributed by atoms with Crippen molar-refractivity contribution in [2.75, 3.05) is 6.61 Å². The second kappa shape index (κ2) is 12.5. The number of aliphatic hydroxyl groups is 1. The summed E-state index contributed by atoms with van der Waals surface area (Å²) in [4.78, 5) is 30.0. The summed E-state index contributed by atoms with van der Waals surface area (Å²) in [5.74, 6) is -1.07. The van der Waals surface area contributed by atoms with Gasteiger partial charge in [0.15, 0.2) is 0 Å². The number of carbonyl (C=O) groups excluding carboxylic acids is 2. The van der Waals surface area contributed by atoms with Gasteiger partial charge in [0.25, 0.3) is 5.91 Å². The Morgan fingerprint density at radius 3 is 2.53 bits per heavy atom. The highest BCUT2D eigenvalue weighted by Gasteiger charge is 2.34. The predicted molar refractivity (Wildman–Crippen MR) is 155 cm³/mol. The smallest absolute Gasteiger partial charge is 0.344 e. The van der Waals surface area contributed by atoms with E-state index in [1.807, 2.05) is 30.3 Å². The average molecular weight is 613 g/mol. The minimum atomic E-state index is -0.757. The number of aryl methyl sites for hydroxylation is 1. The highest BCUT2D eigenvalue weighted by atomic mass is 79.9. The first-order valence-electron chi connectivity index (χ1n) is 11.6. The predicted octanol–water partition coefficient (Wildman–Crippen LogP) is 7.69. The molecule has 0 fully saturated rings. The zero-order chi connectivity index (χ0) is 27.2. The van der Waals surface area contributed by atoms with Crippen molar-refractivity contribution in [1.82, 2.24) is 0 Å². The van der Waals surface area contributed by atoms with Gasteiger partial charge in [-0.05, 0) is 66.9 Å². The third-order valence-corrected chi connectivity index (χ3v) is 7.35. The molecule has 0 saturated heterocycles. The maximum Gasteiger partial charge on any atom is 0.344 e. The molecule has 1 heterocycles. The van der Waals surface area contributed by atoms with Crippen LogP contribution in [0.25, 0.3) is 6.08 Å². The molecule has 1 aliphatic rings. The van der Waals surface area contributed by atoms with Crippen LogP contribution in [0.3, 0.4) is 0 Å². The Morgan fingerprint density at radius 1 is 1.11 bits per heavy atom. The number of amides is 1. The maximum atomic E-state index is 12.9. The van der Waals surface area contributed by atoms with Gasteiger partial charge in [-0.15, -0.1) is 0 Å². The molecule has 4 rings (SSSR count). The zero-order valence-corrected chi connectivity index (χ0v) is 23.7. The van der Waals surface area contributed by atoms with Gasteiger partial charge >= 0.3 is 5.97 Å². The minimum Gasteiger partial charge on any atom is -0.506 e. The molecule has 3 aromatic rings. The Labute approximate surface area is 238 Å². The molecule has 0 aliphatic carbocycles. The first kappa shape index (κ1) is 27.7. The lowest BCUT2D eigenvalue weighted by molar-refractivity contribution is -0.138. The molecule has 6 nitrogen and oxygen atoms in total. The van der Waals surface area contributed by atoms with Gasteiger partial charge in [0.1, 0.15) is 28.7 Å². The summed E-state index contributed by atoms with van der Waals surface area (Å²) >= 11 is 10.9. The molecule has 1 amide bonds. The first-order valence-corrected chi connectivity index (χ1v) is 13.6. The van der Waals surface area contributed by atoms with Crippen LogP contribution < -0.4 is 4.74 Å². The number of carbonyl (C=O) groups is 2. The van der Waals surface area contributed by atoms with E-state index in [-0.39, 0.29) is 23.0 Å². The van der Waals surface area contributed by atoms with Crippen LogP contribution in [0, 0.1) is 6.92 Å². The van der Waals surface area contributed by atoms with Gasteiger partial charge in [-0.1, -0.05) is 75.7 Å². The van der Waals surface area contributed by atoms with Gasteiger partial charge in [0.2, 0.25) is 0 Å². The van der Waals surface area contributed by atoms with E-state index in [9.17, 15) is 14.7 Å². The van der Waals surface area contributed by atoms with Crippen molar-refractivity contribution < 1.29 is 24.2 Å². The lowest BCUT2D eigenvalue weighted by Gasteiger charge is -2.09. The Balaban J connectivity index is 1.59. The van der Waals surface area contributed by atoms with Gasteiger partial charge < -0.3 is 14.6 Å². The van der Waals surface area contributed by atoms with Crippen LogP contribution in [0.4, 0.5) is 0 Å². The summed E-state index contributed by atoms with van der Waals surface area (Å²) < 4.78 is 11.9. The molecule has 9 heteroatoms. The van der Waals surface area contributed by atoms with E-state index in [0.717, 1.165) is 27.4 Å². The molecule has 0 atom stereocenters. The number of aliphatic hydroxyl groups excluding tert-OH is 1.